The van der Waals surface area contributed by atoms with Crippen molar-refractivity contribution in [3.8, 4) is 30.4 Å². The lowest BCUT2D eigenvalue weighted by atomic mass is 10.0. The summed E-state index contributed by atoms with van der Waals surface area (Å²) in [6.45, 7) is 7.92. The van der Waals surface area contributed by atoms with Gasteiger partial charge in [-0.25, -0.2) is 9.59 Å². The molecule has 0 spiro atoms. The molecule has 32 heavy (non-hydrogen) atoms. The number of aromatic hydroxyl groups is 1. The van der Waals surface area contributed by atoms with Crippen LogP contribution in [0.2, 0.25) is 0 Å². The molecular weight excluding hydrogens is 414 g/mol. The van der Waals surface area contributed by atoms with Crippen LogP contribution in [0.3, 0.4) is 0 Å². The van der Waals surface area contributed by atoms with E-state index >= 15 is 0 Å². The summed E-state index contributed by atoms with van der Waals surface area (Å²) in [5.41, 5.74) is -0.671. The van der Waals surface area contributed by atoms with E-state index in [1.807, 2.05) is 0 Å². The van der Waals surface area contributed by atoms with E-state index in [2.05, 4.69) is 16.8 Å². The lowest BCUT2D eigenvalue weighted by Gasteiger charge is -2.24. The monoisotopic (exact) mass is 445 g/mol. The fourth-order valence-corrected chi connectivity index (χ4v) is 2.60. The average molecular weight is 446 g/mol. The second kappa shape index (κ2) is 11.9. The number of pyridine rings is 1. The Balaban J connectivity index is 2.79. The Hall–Kier alpha value is -3.39. The highest BCUT2D eigenvalue weighted by Gasteiger charge is 2.25. The predicted octanol–water partition coefficient (Wildman–Crippen LogP) is 4.79. The van der Waals surface area contributed by atoms with Crippen molar-refractivity contribution in [3.63, 3.8) is 0 Å². The number of ether oxygens (including phenoxy) is 4. The fraction of sp³-hybridized carbons (Fsp3) is 0.542. The molecule has 1 aromatic heterocycles. The zero-order valence-electron chi connectivity index (χ0n) is 19.3. The third kappa shape index (κ3) is 9.18. The lowest BCUT2D eigenvalue weighted by Crippen LogP contribution is -2.28. The van der Waals surface area contributed by atoms with Crippen molar-refractivity contribution in [2.24, 2.45) is 0 Å². The summed E-state index contributed by atoms with van der Waals surface area (Å²) >= 11 is 0. The summed E-state index contributed by atoms with van der Waals surface area (Å²) in [4.78, 5) is 28.2. The summed E-state index contributed by atoms with van der Waals surface area (Å²) in [6, 6.07) is 0. The van der Waals surface area contributed by atoms with Crippen molar-refractivity contribution in [1.82, 2.24) is 4.98 Å². The Bertz CT molecular complexity index is 891. The molecule has 1 rings (SSSR count). The number of nitrogens with zero attached hydrogens (tertiary/aromatic N) is 1. The minimum Gasteiger partial charge on any atom is -0.506 e. The van der Waals surface area contributed by atoms with Gasteiger partial charge in [-0.1, -0.05) is 0 Å². The third-order valence-corrected chi connectivity index (χ3v) is 4.57. The minimum atomic E-state index is -0.914. The van der Waals surface area contributed by atoms with Gasteiger partial charge in [0.05, 0.1) is 5.69 Å². The first-order chi connectivity index (χ1) is 14.9. The van der Waals surface area contributed by atoms with E-state index in [4.69, 9.17) is 31.8 Å². The molecule has 0 unspecified atom stereocenters. The van der Waals surface area contributed by atoms with Crippen LogP contribution in [0, 0.1) is 31.6 Å². The van der Waals surface area contributed by atoms with Gasteiger partial charge in [0.25, 0.3) is 0 Å². The Kier molecular flexibility index (Phi) is 9.87. The molecule has 0 atom stereocenters. The topological polar surface area (TPSA) is 104 Å². The number of hydrogen-bond donors (Lipinski definition) is 1. The van der Waals surface area contributed by atoms with Crippen LogP contribution in [0.5, 0.6) is 5.75 Å². The van der Waals surface area contributed by atoms with E-state index in [-0.39, 0.29) is 24.5 Å². The smallest absolute Gasteiger partial charge is 0.506 e. The molecular formula is C24H31NO7. The van der Waals surface area contributed by atoms with E-state index in [0.29, 0.717) is 36.9 Å². The maximum atomic E-state index is 12.1. The third-order valence-electron chi connectivity index (χ3n) is 4.57. The van der Waals surface area contributed by atoms with Crippen LogP contribution in [0.25, 0.3) is 0 Å². The highest BCUT2D eigenvalue weighted by Crippen LogP contribution is 2.26. The summed E-state index contributed by atoms with van der Waals surface area (Å²) in [5, 5.41) is 10.4. The van der Waals surface area contributed by atoms with Crippen molar-refractivity contribution in [2.45, 2.75) is 84.7 Å². The Morgan fingerprint density at radius 2 is 1.44 bits per heavy atom. The van der Waals surface area contributed by atoms with Crippen LogP contribution in [0.1, 0.15) is 70.2 Å². The van der Waals surface area contributed by atoms with Crippen LogP contribution >= 0.6 is 0 Å². The number of aromatic nitrogens is 1. The Labute approximate surface area is 189 Å². The first-order valence-electron chi connectivity index (χ1n) is 10.2. The van der Waals surface area contributed by atoms with E-state index in [0.717, 1.165) is 0 Å². The zero-order valence-corrected chi connectivity index (χ0v) is 19.3. The molecule has 1 N–H and O–H groups in total. The van der Waals surface area contributed by atoms with E-state index < -0.39 is 23.5 Å². The largest absolute Gasteiger partial charge is 0.509 e. The molecule has 1 heterocycles. The van der Waals surface area contributed by atoms with Crippen molar-refractivity contribution >= 4 is 12.3 Å². The second-order valence-electron chi connectivity index (χ2n) is 8.41. The normalized spacial score (nSPS) is 11.1. The van der Waals surface area contributed by atoms with Gasteiger partial charge in [-0.2, -0.15) is 0 Å². The Morgan fingerprint density at radius 1 is 0.969 bits per heavy atom. The summed E-state index contributed by atoms with van der Waals surface area (Å²) in [6.07, 6.45) is 11.9. The minimum absolute atomic E-state index is 0.173. The van der Waals surface area contributed by atoms with Gasteiger partial charge >= 0.3 is 12.3 Å². The van der Waals surface area contributed by atoms with Gasteiger partial charge in [0.1, 0.15) is 30.2 Å². The van der Waals surface area contributed by atoms with Crippen LogP contribution in [-0.2, 0) is 32.2 Å². The Morgan fingerprint density at radius 3 is 1.91 bits per heavy atom. The first-order valence-corrected chi connectivity index (χ1v) is 10.2. The van der Waals surface area contributed by atoms with E-state index in [1.54, 1.807) is 34.6 Å². The molecule has 0 fully saturated rings. The molecule has 8 nitrogen and oxygen atoms in total. The molecule has 0 aliphatic rings. The molecule has 174 valence electrons. The number of rotatable bonds is 10. The van der Waals surface area contributed by atoms with Crippen LogP contribution in [-0.4, -0.2) is 33.6 Å². The van der Waals surface area contributed by atoms with Gasteiger partial charge in [-0.3, -0.25) is 4.98 Å². The molecule has 0 radical (unpaired) electrons. The summed E-state index contributed by atoms with van der Waals surface area (Å²) in [7, 11) is 0. The molecule has 0 aromatic carbocycles. The molecule has 8 heteroatoms. The van der Waals surface area contributed by atoms with Gasteiger partial charge < -0.3 is 24.1 Å². The van der Waals surface area contributed by atoms with Crippen molar-refractivity contribution in [2.75, 3.05) is 0 Å². The van der Waals surface area contributed by atoms with E-state index in [1.165, 1.54) is 6.20 Å². The van der Waals surface area contributed by atoms with Gasteiger partial charge in [-0.05, 0) is 47.5 Å². The average Bonchev–Trinajstić information content (AvgIpc) is 2.70. The summed E-state index contributed by atoms with van der Waals surface area (Å²) < 4.78 is 20.9. The molecule has 0 aliphatic carbocycles. The first kappa shape index (κ1) is 26.6. The molecule has 1 aromatic rings. The van der Waals surface area contributed by atoms with Gasteiger partial charge in [0.2, 0.25) is 0 Å². The van der Waals surface area contributed by atoms with Gasteiger partial charge in [0, 0.05) is 30.2 Å². The van der Waals surface area contributed by atoms with Crippen molar-refractivity contribution in [3.05, 3.63) is 23.0 Å². The molecule has 0 bridgehead atoms. The van der Waals surface area contributed by atoms with Crippen LogP contribution in [0.15, 0.2) is 6.20 Å². The number of hydrogen-bond acceptors (Lipinski definition) is 8. The fourth-order valence-electron chi connectivity index (χ4n) is 2.60. The van der Waals surface area contributed by atoms with Crippen LogP contribution in [0.4, 0.5) is 9.59 Å². The SMILES string of the molecule is C#CCCC(C)(C)OC(=O)OCc1cnc(C)c(O)c1COC(=O)OC(C)(C)CCC#C. The maximum absolute atomic E-state index is 12.1. The zero-order chi connectivity index (χ0) is 24.4. The molecule has 0 aliphatic heterocycles. The molecule has 0 saturated heterocycles. The van der Waals surface area contributed by atoms with Gasteiger partial charge in [0.15, 0.2) is 0 Å². The summed E-state index contributed by atoms with van der Waals surface area (Å²) in [5.74, 6) is 4.81. The second-order valence-corrected chi connectivity index (χ2v) is 8.41. The quantitative estimate of drug-likeness (QED) is 0.405. The highest BCUT2D eigenvalue weighted by molar-refractivity contribution is 5.61. The molecule has 0 amide bonds. The van der Waals surface area contributed by atoms with E-state index in [9.17, 15) is 14.7 Å². The highest BCUT2D eigenvalue weighted by atomic mass is 16.7. The number of terminal acetylenes is 2. The van der Waals surface area contributed by atoms with Crippen molar-refractivity contribution < 1.29 is 33.6 Å². The van der Waals surface area contributed by atoms with Crippen LogP contribution < -0.4 is 0 Å². The lowest BCUT2D eigenvalue weighted by molar-refractivity contribution is -0.0267. The van der Waals surface area contributed by atoms with Gasteiger partial charge in [-0.15, -0.1) is 24.7 Å². The predicted molar refractivity (Wildman–Crippen MR) is 117 cm³/mol. The number of aryl methyl sites for hydroxylation is 1. The number of carbonyl (C=O) groups is 2. The standard InChI is InChI=1S/C24H31NO7/c1-8-10-12-23(4,5)31-21(27)29-15-18-14-25-17(3)20(26)19(18)16-30-22(28)32-24(6,7)13-11-9-2/h1-2,14,26H,10-13,15-16H2,3-7H3. The maximum Gasteiger partial charge on any atom is 0.509 e. The van der Waals surface area contributed by atoms with Crippen molar-refractivity contribution in [1.29, 1.82) is 0 Å². The number of carbonyl (C=O) groups excluding carboxylic acids is 2. The molecule has 0 saturated carbocycles.